The number of Topliss-reactive ketones (excluding diaryl/α,β-unsaturated/α-hetero) is 1. The van der Waals surface area contributed by atoms with Crippen LogP contribution in [0.4, 0.5) is 5.13 Å². The first-order valence-electron chi connectivity index (χ1n) is 9.61. The second-order valence-electron chi connectivity index (χ2n) is 6.95. The highest BCUT2D eigenvalue weighted by molar-refractivity contribution is 7.15. The Bertz CT molecular complexity index is 1240. The van der Waals surface area contributed by atoms with Crippen molar-refractivity contribution in [3.05, 3.63) is 87.9 Å². The maximum Gasteiger partial charge on any atom is 0.301 e. The summed E-state index contributed by atoms with van der Waals surface area (Å²) in [6.07, 6.45) is 1.61. The molecule has 4 rings (SSSR count). The molecule has 1 aliphatic rings. The summed E-state index contributed by atoms with van der Waals surface area (Å²) in [5.74, 6) is -1.37. The standard InChI is InChI=1S/C23H18ClN3O4S/c1-3-11-31-17-6-4-5-15(12-17)19-18(20(28)14-7-9-16(24)10-8-14)21(29)22(30)27(19)23-26-25-13(2)32-23/h3-10,12,19,28H,1,11H2,2H3/b20-18+. The maximum atomic E-state index is 13.1. The molecule has 1 amide bonds. The molecule has 1 N–H and O–H groups in total. The molecule has 9 heteroatoms. The summed E-state index contributed by atoms with van der Waals surface area (Å²) in [5, 5.41) is 20.5. The van der Waals surface area contributed by atoms with Gasteiger partial charge in [-0.25, -0.2) is 0 Å². The Balaban J connectivity index is 1.90. The second-order valence-corrected chi connectivity index (χ2v) is 8.55. The van der Waals surface area contributed by atoms with Gasteiger partial charge in [-0.2, -0.15) is 0 Å². The fourth-order valence-electron chi connectivity index (χ4n) is 3.42. The molecule has 0 spiro atoms. The van der Waals surface area contributed by atoms with Gasteiger partial charge in [0.15, 0.2) is 0 Å². The summed E-state index contributed by atoms with van der Waals surface area (Å²) in [7, 11) is 0. The van der Waals surface area contributed by atoms with E-state index < -0.39 is 17.7 Å². The number of nitrogens with zero attached hydrogens (tertiary/aromatic N) is 3. The predicted octanol–water partition coefficient (Wildman–Crippen LogP) is 4.69. The number of halogens is 1. The molecule has 2 aromatic carbocycles. The molecule has 1 aromatic heterocycles. The number of carbonyl (C=O) groups excluding carboxylic acids is 2. The first-order chi connectivity index (χ1) is 15.4. The molecule has 2 heterocycles. The van der Waals surface area contributed by atoms with Crippen molar-refractivity contribution in [3.63, 3.8) is 0 Å². The molecular formula is C23H18ClN3O4S. The van der Waals surface area contributed by atoms with Crippen LogP contribution in [0.25, 0.3) is 5.76 Å². The molecular weight excluding hydrogens is 450 g/mol. The molecule has 1 atom stereocenters. The molecule has 0 aliphatic carbocycles. The van der Waals surface area contributed by atoms with Crippen molar-refractivity contribution < 1.29 is 19.4 Å². The van der Waals surface area contributed by atoms with E-state index in [1.54, 1.807) is 61.5 Å². The zero-order valence-electron chi connectivity index (χ0n) is 17.0. The number of ketones is 1. The first kappa shape index (κ1) is 21.7. The number of aliphatic hydroxyl groups is 1. The average Bonchev–Trinajstić information content (AvgIpc) is 3.33. The molecule has 162 valence electrons. The van der Waals surface area contributed by atoms with Crippen LogP contribution in [0, 0.1) is 6.92 Å². The van der Waals surface area contributed by atoms with Gasteiger partial charge in [0.1, 0.15) is 23.1 Å². The van der Waals surface area contributed by atoms with Crippen LogP contribution in [-0.2, 0) is 9.59 Å². The first-order valence-corrected chi connectivity index (χ1v) is 10.8. The normalized spacial score (nSPS) is 17.6. The Morgan fingerprint density at radius 1 is 1.25 bits per heavy atom. The van der Waals surface area contributed by atoms with Gasteiger partial charge < -0.3 is 9.84 Å². The van der Waals surface area contributed by atoms with Crippen LogP contribution in [-0.4, -0.2) is 33.6 Å². The molecule has 1 fully saturated rings. The van der Waals surface area contributed by atoms with E-state index in [1.807, 2.05) is 0 Å². The number of hydrogen-bond donors (Lipinski definition) is 1. The van der Waals surface area contributed by atoms with Gasteiger partial charge in [0.2, 0.25) is 5.13 Å². The SMILES string of the molecule is C=CCOc1cccc(C2/C(=C(\O)c3ccc(Cl)cc3)C(=O)C(=O)N2c2nnc(C)s2)c1. The monoisotopic (exact) mass is 467 g/mol. The van der Waals surface area contributed by atoms with Crippen LogP contribution in [0.3, 0.4) is 0 Å². The predicted molar refractivity (Wildman–Crippen MR) is 123 cm³/mol. The van der Waals surface area contributed by atoms with Crippen LogP contribution in [0.1, 0.15) is 22.2 Å². The number of aromatic nitrogens is 2. The number of ether oxygens (including phenoxy) is 1. The average molecular weight is 468 g/mol. The van der Waals surface area contributed by atoms with E-state index in [0.29, 0.717) is 33.5 Å². The third-order valence-corrected chi connectivity index (χ3v) is 5.92. The van der Waals surface area contributed by atoms with Gasteiger partial charge in [-0.05, 0) is 48.9 Å². The van der Waals surface area contributed by atoms with Crippen molar-refractivity contribution in [2.45, 2.75) is 13.0 Å². The Hall–Kier alpha value is -3.49. The lowest BCUT2D eigenvalue weighted by atomic mass is 9.95. The Morgan fingerprint density at radius 2 is 2.00 bits per heavy atom. The summed E-state index contributed by atoms with van der Waals surface area (Å²) in [5.41, 5.74) is 0.894. The van der Waals surface area contributed by atoms with E-state index >= 15 is 0 Å². The van der Waals surface area contributed by atoms with Crippen molar-refractivity contribution in [2.75, 3.05) is 11.5 Å². The minimum Gasteiger partial charge on any atom is -0.507 e. The second kappa shape index (κ2) is 8.94. The van der Waals surface area contributed by atoms with Crippen molar-refractivity contribution in [1.29, 1.82) is 0 Å². The van der Waals surface area contributed by atoms with Gasteiger partial charge in [-0.15, -0.1) is 10.2 Å². The molecule has 0 radical (unpaired) electrons. The number of benzene rings is 2. The number of aliphatic hydroxyl groups excluding tert-OH is 1. The summed E-state index contributed by atoms with van der Waals surface area (Å²) in [6.45, 7) is 5.69. The van der Waals surface area contributed by atoms with Crippen LogP contribution < -0.4 is 9.64 Å². The van der Waals surface area contributed by atoms with Crippen LogP contribution >= 0.6 is 22.9 Å². The van der Waals surface area contributed by atoms with E-state index in [9.17, 15) is 14.7 Å². The van der Waals surface area contributed by atoms with Gasteiger partial charge in [0.05, 0.1) is 11.6 Å². The number of carbonyl (C=O) groups is 2. The molecule has 0 bridgehead atoms. The number of aryl methyl sites for hydroxylation is 1. The van der Waals surface area contributed by atoms with E-state index in [1.165, 1.54) is 16.2 Å². The Labute approximate surface area is 193 Å². The van der Waals surface area contributed by atoms with Crippen LogP contribution in [0.15, 0.2) is 66.8 Å². The zero-order valence-corrected chi connectivity index (χ0v) is 18.6. The molecule has 7 nitrogen and oxygen atoms in total. The fourth-order valence-corrected chi connectivity index (χ4v) is 4.26. The number of rotatable bonds is 6. The summed E-state index contributed by atoms with van der Waals surface area (Å²) in [6, 6.07) is 12.4. The topological polar surface area (TPSA) is 92.6 Å². The van der Waals surface area contributed by atoms with Crippen molar-refractivity contribution in [2.24, 2.45) is 0 Å². The smallest absolute Gasteiger partial charge is 0.301 e. The number of amides is 1. The minimum atomic E-state index is -0.912. The highest BCUT2D eigenvalue weighted by Crippen LogP contribution is 2.43. The van der Waals surface area contributed by atoms with E-state index in [2.05, 4.69) is 16.8 Å². The lowest BCUT2D eigenvalue weighted by Crippen LogP contribution is -2.29. The third-order valence-electron chi connectivity index (χ3n) is 4.83. The molecule has 1 saturated heterocycles. The summed E-state index contributed by atoms with van der Waals surface area (Å²) >= 11 is 7.14. The summed E-state index contributed by atoms with van der Waals surface area (Å²) < 4.78 is 5.62. The van der Waals surface area contributed by atoms with Gasteiger partial charge in [0, 0.05) is 10.6 Å². The molecule has 1 unspecified atom stereocenters. The van der Waals surface area contributed by atoms with Crippen molar-refractivity contribution in [1.82, 2.24) is 10.2 Å². The lowest BCUT2D eigenvalue weighted by molar-refractivity contribution is -0.132. The zero-order chi connectivity index (χ0) is 22.8. The third kappa shape index (κ3) is 4.02. The van der Waals surface area contributed by atoms with Gasteiger partial charge in [-0.1, -0.05) is 47.7 Å². The Kier molecular flexibility index (Phi) is 6.07. The molecule has 1 aliphatic heterocycles. The molecule has 0 saturated carbocycles. The van der Waals surface area contributed by atoms with E-state index in [4.69, 9.17) is 16.3 Å². The van der Waals surface area contributed by atoms with E-state index in [0.717, 1.165) is 0 Å². The minimum absolute atomic E-state index is 0.0500. The van der Waals surface area contributed by atoms with Gasteiger partial charge in [-0.3, -0.25) is 14.5 Å². The quantitative estimate of drug-likeness (QED) is 0.244. The summed E-state index contributed by atoms with van der Waals surface area (Å²) in [4.78, 5) is 27.4. The highest BCUT2D eigenvalue weighted by Gasteiger charge is 2.48. The lowest BCUT2D eigenvalue weighted by Gasteiger charge is -2.23. The van der Waals surface area contributed by atoms with Crippen LogP contribution in [0.2, 0.25) is 5.02 Å². The molecule has 3 aromatic rings. The van der Waals surface area contributed by atoms with Gasteiger partial charge >= 0.3 is 5.91 Å². The van der Waals surface area contributed by atoms with Gasteiger partial charge in [0.25, 0.3) is 5.78 Å². The highest BCUT2D eigenvalue weighted by atomic mass is 35.5. The largest absolute Gasteiger partial charge is 0.507 e. The Morgan fingerprint density at radius 3 is 2.66 bits per heavy atom. The van der Waals surface area contributed by atoms with Crippen molar-refractivity contribution in [3.8, 4) is 5.75 Å². The maximum absolute atomic E-state index is 13.1. The van der Waals surface area contributed by atoms with E-state index in [-0.39, 0.29) is 16.5 Å². The molecule has 32 heavy (non-hydrogen) atoms. The number of anilines is 1. The van der Waals surface area contributed by atoms with Crippen LogP contribution in [0.5, 0.6) is 5.75 Å². The number of hydrogen-bond acceptors (Lipinski definition) is 7. The van der Waals surface area contributed by atoms with Crippen molar-refractivity contribution >= 4 is 45.5 Å². The fraction of sp³-hybridized carbons (Fsp3) is 0.130.